The second kappa shape index (κ2) is 10.8. The van der Waals surface area contributed by atoms with Gasteiger partial charge in [-0.15, -0.1) is 0 Å². The summed E-state index contributed by atoms with van der Waals surface area (Å²) in [6.45, 7) is 5.40. The van der Waals surface area contributed by atoms with E-state index in [1.54, 1.807) is 29.4 Å². The van der Waals surface area contributed by atoms with Gasteiger partial charge in [-0.1, -0.05) is 24.3 Å². The maximum Gasteiger partial charge on any atom is 0.254 e. The van der Waals surface area contributed by atoms with Crippen LogP contribution in [0.1, 0.15) is 48.2 Å². The van der Waals surface area contributed by atoms with Gasteiger partial charge in [-0.05, 0) is 67.6 Å². The van der Waals surface area contributed by atoms with Crippen LogP contribution in [-0.4, -0.2) is 51.3 Å². The van der Waals surface area contributed by atoms with E-state index in [9.17, 15) is 24.6 Å². The van der Waals surface area contributed by atoms with Crippen molar-refractivity contribution >= 4 is 28.4 Å². The molecule has 3 aromatic carbocycles. The first-order valence-electron chi connectivity index (χ1n) is 14.4. The Labute approximate surface area is 252 Å². The molecule has 2 aliphatic heterocycles. The molecule has 1 aromatic heterocycles. The summed E-state index contributed by atoms with van der Waals surface area (Å²) in [5.41, 5.74) is 7.42. The standard InChI is InChI=1S/C33H33FN4O6/c1-17-6-4-5-7-20(17)21-12-25-26(10-18(21)16-39)44-31-28-22(30(41)23(32(35)42)15-38(25)28)11-24(34)29(31)37-9-8-19(14-37)36-27(40)13-33(2,3)43/h4-7,10-12,15,19,39,43H,8-9,13-14,16H2,1-3H3,(H2,35,42)(H,36,40). The average molecular weight is 601 g/mol. The topological polar surface area (TPSA) is 147 Å². The van der Waals surface area contributed by atoms with E-state index < -0.39 is 22.8 Å². The van der Waals surface area contributed by atoms with E-state index >= 15 is 4.39 Å². The van der Waals surface area contributed by atoms with Gasteiger partial charge in [0.2, 0.25) is 11.3 Å². The number of aryl methyl sites for hydroxylation is 1. The molecule has 1 atom stereocenters. The summed E-state index contributed by atoms with van der Waals surface area (Å²) in [6, 6.07) is 12.0. The molecule has 5 N–H and O–H groups in total. The van der Waals surface area contributed by atoms with Crippen LogP contribution in [0.15, 0.2) is 53.5 Å². The number of ether oxygens (including phenoxy) is 1. The summed E-state index contributed by atoms with van der Waals surface area (Å²) in [4.78, 5) is 39.9. The van der Waals surface area contributed by atoms with Crippen LogP contribution in [0.4, 0.5) is 10.1 Å². The molecule has 6 rings (SSSR count). The van der Waals surface area contributed by atoms with Crippen LogP contribution in [0, 0.1) is 12.7 Å². The van der Waals surface area contributed by atoms with E-state index in [-0.39, 0.29) is 59.4 Å². The van der Waals surface area contributed by atoms with Crippen LogP contribution in [0.2, 0.25) is 0 Å². The largest absolute Gasteiger partial charge is 0.451 e. The molecule has 3 heterocycles. The summed E-state index contributed by atoms with van der Waals surface area (Å²) in [6.07, 6.45) is 1.79. The number of rotatable bonds is 7. The zero-order valence-electron chi connectivity index (χ0n) is 24.6. The van der Waals surface area contributed by atoms with Gasteiger partial charge in [0.1, 0.15) is 16.8 Å². The highest BCUT2D eigenvalue weighted by Crippen LogP contribution is 2.48. The van der Waals surface area contributed by atoms with Crippen molar-refractivity contribution in [3.05, 3.63) is 81.4 Å². The molecule has 10 nitrogen and oxygen atoms in total. The van der Waals surface area contributed by atoms with Crippen molar-refractivity contribution < 1.29 is 28.9 Å². The van der Waals surface area contributed by atoms with Gasteiger partial charge in [-0.25, -0.2) is 4.39 Å². The molecule has 11 heteroatoms. The molecule has 44 heavy (non-hydrogen) atoms. The molecule has 1 unspecified atom stereocenters. The second-order valence-corrected chi connectivity index (χ2v) is 12.1. The Balaban J connectivity index is 1.52. The lowest BCUT2D eigenvalue weighted by Crippen LogP contribution is -2.40. The zero-order valence-corrected chi connectivity index (χ0v) is 24.6. The van der Waals surface area contributed by atoms with E-state index in [1.807, 2.05) is 37.3 Å². The Morgan fingerprint density at radius 1 is 1.18 bits per heavy atom. The third-order valence-electron chi connectivity index (χ3n) is 8.16. The minimum atomic E-state index is -1.17. The maximum absolute atomic E-state index is 16.0. The van der Waals surface area contributed by atoms with E-state index in [2.05, 4.69) is 5.32 Å². The molecule has 0 radical (unpaired) electrons. The van der Waals surface area contributed by atoms with E-state index in [4.69, 9.17) is 10.5 Å². The van der Waals surface area contributed by atoms with Crippen molar-refractivity contribution in [1.29, 1.82) is 0 Å². The second-order valence-electron chi connectivity index (χ2n) is 12.1. The summed E-state index contributed by atoms with van der Waals surface area (Å²) in [7, 11) is 0. The van der Waals surface area contributed by atoms with Gasteiger partial charge in [-0.3, -0.25) is 14.4 Å². The fourth-order valence-electron chi connectivity index (χ4n) is 6.17. The monoisotopic (exact) mass is 600 g/mol. The van der Waals surface area contributed by atoms with Gasteiger partial charge in [0.25, 0.3) is 5.91 Å². The number of nitrogens with one attached hydrogen (secondary N) is 1. The van der Waals surface area contributed by atoms with Crippen LogP contribution >= 0.6 is 0 Å². The number of hydrogen-bond acceptors (Lipinski definition) is 7. The van der Waals surface area contributed by atoms with E-state index in [0.717, 1.165) is 22.8 Å². The summed E-state index contributed by atoms with van der Waals surface area (Å²) in [5.74, 6) is -1.63. The fraction of sp³-hybridized carbons (Fsp3) is 0.303. The number of carbonyl (C=O) groups is 2. The highest BCUT2D eigenvalue weighted by atomic mass is 19.1. The minimum absolute atomic E-state index is 0.0684. The molecule has 1 saturated heterocycles. The number of aliphatic hydroxyl groups is 2. The molecule has 0 saturated carbocycles. The summed E-state index contributed by atoms with van der Waals surface area (Å²) in [5, 5.41) is 23.2. The van der Waals surface area contributed by atoms with E-state index in [0.29, 0.717) is 30.0 Å². The normalized spacial score (nSPS) is 15.7. The molecule has 2 aliphatic rings. The van der Waals surface area contributed by atoms with Gasteiger partial charge in [0, 0.05) is 25.3 Å². The Morgan fingerprint density at radius 2 is 1.93 bits per heavy atom. The highest BCUT2D eigenvalue weighted by Gasteiger charge is 2.34. The number of primary amides is 1. The number of carbonyl (C=O) groups excluding carboxylic acids is 2. The molecule has 0 aliphatic carbocycles. The zero-order chi connectivity index (χ0) is 31.5. The van der Waals surface area contributed by atoms with Crippen molar-refractivity contribution in [1.82, 2.24) is 9.88 Å². The van der Waals surface area contributed by atoms with Crippen LogP contribution in [-0.2, 0) is 11.4 Å². The molecular weight excluding hydrogens is 567 g/mol. The first kappa shape index (κ1) is 29.3. The predicted molar refractivity (Wildman–Crippen MR) is 164 cm³/mol. The van der Waals surface area contributed by atoms with Crippen molar-refractivity contribution in [3.8, 4) is 28.3 Å². The van der Waals surface area contributed by atoms with Crippen molar-refractivity contribution in [2.75, 3.05) is 18.0 Å². The van der Waals surface area contributed by atoms with Gasteiger partial charge >= 0.3 is 0 Å². The smallest absolute Gasteiger partial charge is 0.254 e. The number of benzene rings is 3. The lowest BCUT2D eigenvalue weighted by Gasteiger charge is -2.30. The molecule has 1 fully saturated rings. The molecule has 2 amide bonds. The highest BCUT2D eigenvalue weighted by molar-refractivity contribution is 6.01. The fourth-order valence-corrected chi connectivity index (χ4v) is 6.17. The van der Waals surface area contributed by atoms with Gasteiger partial charge < -0.3 is 35.5 Å². The maximum atomic E-state index is 16.0. The Kier molecular flexibility index (Phi) is 7.17. The summed E-state index contributed by atoms with van der Waals surface area (Å²) < 4.78 is 24.0. The quantitative estimate of drug-likeness (QED) is 0.223. The number of nitrogens with two attached hydrogens (primary N) is 1. The van der Waals surface area contributed by atoms with Crippen LogP contribution in [0.5, 0.6) is 11.5 Å². The molecule has 0 spiro atoms. The molecule has 228 valence electrons. The number of pyridine rings is 1. The van der Waals surface area contributed by atoms with Crippen LogP contribution in [0.25, 0.3) is 27.7 Å². The van der Waals surface area contributed by atoms with Crippen molar-refractivity contribution in [2.45, 2.75) is 51.9 Å². The number of amides is 2. The Morgan fingerprint density at radius 3 is 2.61 bits per heavy atom. The molecule has 4 aromatic rings. The van der Waals surface area contributed by atoms with Gasteiger partial charge in [-0.2, -0.15) is 0 Å². The number of halogens is 1. The lowest BCUT2D eigenvalue weighted by atomic mass is 9.94. The molecule has 0 bridgehead atoms. The van der Waals surface area contributed by atoms with Crippen LogP contribution < -0.4 is 26.1 Å². The third kappa shape index (κ3) is 5.07. The van der Waals surface area contributed by atoms with E-state index in [1.165, 1.54) is 6.20 Å². The first-order chi connectivity index (χ1) is 20.9. The minimum Gasteiger partial charge on any atom is -0.451 e. The van der Waals surface area contributed by atoms with Crippen LogP contribution in [0.3, 0.4) is 0 Å². The predicted octanol–water partition coefficient (Wildman–Crippen LogP) is 3.66. The molecular formula is C33H33FN4O6. The average Bonchev–Trinajstić information content (AvgIpc) is 3.40. The van der Waals surface area contributed by atoms with Crippen molar-refractivity contribution in [3.63, 3.8) is 0 Å². The third-order valence-corrected chi connectivity index (χ3v) is 8.16. The number of aliphatic hydroxyl groups excluding tert-OH is 1. The summed E-state index contributed by atoms with van der Waals surface area (Å²) >= 11 is 0. The van der Waals surface area contributed by atoms with Gasteiger partial charge in [0.15, 0.2) is 17.3 Å². The number of fused-ring (bicyclic) bond motifs is 2. The Hall–Kier alpha value is -4.74. The van der Waals surface area contributed by atoms with Gasteiger partial charge in [0.05, 0.1) is 29.7 Å². The number of anilines is 1. The Bertz CT molecular complexity index is 1910. The number of hydrogen-bond donors (Lipinski definition) is 4. The van der Waals surface area contributed by atoms with Crippen molar-refractivity contribution in [2.24, 2.45) is 5.73 Å². The number of aromatic nitrogens is 1. The first-order valence-corrected chi connectivity index (χ1v) is 14.4. The number of nitrogens with zero attached hydrogens (tertiary/aromatic N) is 2. The lowest BCUT2D eigenvalue weighted by molar-refractivity contribution is -0.125. The SMILES string of the molecule is Cc1ccccc1-c1cc2c(cc1CO)Oc1c(N3CCC(NC(=O)CC(C)(C)O)C3)c(F)cc3c(=O)c(C(N)=O)cn-2c13.